The Morgan fingerprint density at radius 1 is 1.42 bits per heavy atom. The van der Waals surface area contributed by atoms with E-state index in [0.29, 0.717) is 17.4 Å². The molecule has 0 heterocycles. The maximum absolute atomic E-state index is 12.0. The number of amides is 1. The lowest BCUT2D eigenvalue weighted by Gasteiger charge is -2.27. The van der Waals surface area contributed by atoms with Crippen LogP contribution in [0.5, 0.6) is 0 Å². The van der Waals surface area contributed by atoms with Crippen molar-refractivity contribution in [2.45, 2.75) is 45.1 Å². The van der Waals surface area contributed by atoms with Crippen LogP contribution in [0.3, 0.4) is 0 Å². The van der Waals surface area contributed by atoms with E-state index in [1.54, 1.807) is 6.07 Å². The average Bonchev–Trinajstić information content (AvgIpc) is 2.37. The fourth-order valence-electron chi connectivity index (χ4n) is 2.61. The Hall–Kier alpha value is -1.06. The maximum atomic E-state index is 12.0. The molecule has 3 N–H and O–H groups in total. The van der Waals surface area contributed by atoms with Gasteiger partial charge in [-0.15, -0.1) is 0 Å². The van der Waals surface area contributed by atoms with Crippen LogP contribution in [0.1, 0.15) is 37.7 Å². The molecule has 1 saturated carbocycles. The zero-order chi connectivity index (χ0) is 13.8. The molecule has 1 aliphatic rings. The van der Waals surface area contributed by atoms with Crippen molar-refractivity contribution in [2.75, 3.05) is 5.32 Å². The van der Waals surface area contributed by atoms with E-state index in [1.165, 1.54) is 12.8 Å². The van der Waals surface area contributed by atoms with Crippen LogP contribution in [0.2, 0.25) is 5.02 Å². The fourth-order valence-corrected chi connectivity index (χ4v) is 2.79. The van der Waals surface area contributed by atoms with Crippen molar-refractivity contribution >= 4 is 23.2 Å². The van der Waals surface area contributed by atoms with E-state index in [-0.39, 0.29) is 11.9 Å². The van der Waals surface area contributed by atoms with E-state index in [9.17, 15) is 4.79 Å². The monoisotopic (exact) mass is 280 g/mol. The lowest BCUT2D eigenvalue weighted by molar-refractivity contribution is -0.117. The predicted octanol–water partition coefficient (Wildman–Crippen LogP) is 3.49. The second kappa shape index (κ2) is 6.40. The van der Waals surface area contributed by atoms with E-state index in [0.717, 1.165) is 24.1 Å². The van der Waals surface area contributed by atoms with Gasteiger partial charge in [-0.05, 0) is 43.4 Å². The summed E-state index contributed by atoms with van der Waals surface area (Å²) in [5.41, 5.74) is 7.83. The van der Waals surface area contributed by atoms with Gasteiger partial charge in [-0.25, -0.2) is 0 Å². The van der Waals surface area contributed by atoms with Crippen molar-refractivity contribution in [1.82, 2.24) is 0 Å². The summed E-state index contributed by atoms with van der Waals surface area (Å²) in [7, 11) is 0. The van der Waals surface area contributed by atoms with Crippen LogP contribution in [0.15, 0.2) is 18.2 Å². The maximum Gasteiger partial charge on any atom is 0.224 e. The van der Waals surface area contributed by atoms with Gasteiger partial charge in [-0.1, -0.05) is 30.5 Å². The van der Waals surface area contributed by atoms with E-state index < -0.39 is 0 Å². The molecule has 0 bridgehead atoms. The summed E-state index contributed by atoms with van der Waals surface area (Å²) in [6.07, 6.45) is 4.97. The summed E-state index contributed by atoms with van der Waals surface area (Å²) in [6, 6.07) is 5.74. The summed E-state index contributed by atoms with van der Waals surface area (Å²) in [5.74, 6) is 0.344. The first kappa shape index (κ1) is 14.4. The molecule has 0 spiro atoms. The van der Waals surface area contributed by atoms with Crippen molar-refractivity contribution in [3.05, 3.63) is 28.8 Å². The van der Waals surface area contributed by atoms with E-state index in [1.807, 2.05) is 19.1 Å². The van der Waals surface area contributed by atoms with Crippen LogP contribution in [0.4, 0.5) is 5.69 Å². The third-order valence-corrected chi connectivity index (χ3v) is 4.28. The Labute approximate surface area is 119 Å². The van der Waals surface area contributed by atoms with Crippen LogP contribution in [-0.4, -0.2) is 11.9 Å². The molecule has 3 nitrogen and oxygen atoms in total. The number of hydrogen-bond donors (Lipinski definition) is 2. The molecule has 4 heteroatoms. The Morgan fingerprint density at radius 3 is 2.84 bits per heavy atom. The molecule has 0 saturated heterocycles. The lowest BCUT2D eigenvalue weighted by Crippen LogP contribution is -2.35. The van der Waals surface area contributed by atoms with Gasteiger partial charge >= 0.3 is 0 Å². The predicted molar refractivity (Wildman–Crippen MR) is 79.4 cm³/mol. The van der Waals surface area contributed by atoms with E-state index in [2.05, 4.69) is 5.32 Å². The highest BCUT2D eigenvalue weighted by atomic mass is 35.5. The number of benzene rings is 1. The molecule has 2 atom stereocenters. The fraction of sp³-hybridized carbons (Fsp3) is 0.533. The second-order valence-electron chi connectivity index (χ2n) is 5.42. The van der Waals surface area contributed by atoms with Gasteiger partial charge in [0.15, 0.2) is 0 Å². The number of nitrogens with one attached hydrogen (secondary N) is 1. The van der Waals surface area contributed by atoms with E-state index >= 15 is 0 Å². The topological polar surface area (TPSA) is 55.1 Å². The molecule has 1 aliphatic carbocycles. The SMILES string of the molecule is Cc1ccc(NC(=O)CC2CCCCC2N)cc1Cl. The quantitative estimate of drug-likeness (QED) is 0.890. The van der Waals surface area contributed by atoms with Gasteiger partial charge in [0.05, 0.1) is 0 Å². The van der Waals surface area contributed by atoms with Gasteiger partial charge in [0, 0.05) is 23.2 Å². The molecular weight excluding hydrogens is 260 g/mol. The van der Waals surface area contributed by atoms with Gasteiger partial charge in [0.2, 0.25) is 5.91 Å². The highest BCUT2D eigenvalue weighted by Crippen LogP contribution is 2.26. The first-order valence-electron chi connectivity index (χ1n) is 6.88. The summed E-state index contributed by atoms with van der Waals surface area (Å²) in [6.45, 7) is 1.94. The number of hydrogen-bond acceptors (Lipinski definition) is 2. The minimum atomic E-state index is 0.0299. The molecule has 1 amide bonds. The number of rotatable bonds is 3. The van der Waals surface area contributed by atoms with Crippen LogP contribution in [0, 0.1) is 12.8 Å². The molecule has 1 fully saturated rings. The summed E-state index contributed by atoms with van der Waals surface area (Å²) >= 11 is 6.04. The van der Waals surface area contributed by atoms with Gasteiger partial charge in [-0.2, -0.15) is 0 Å². The number of nitrogens with two attached hydrogens (primary N) is 1. The first-order valence-corrected chi connectivity index (χ1v) is 7.25. The highest BCUT2D eigenvalue weighted by Gasteiger charge is 2.24. The molecule has 2 rings (SSSR count). The molecule has 2 unspecified atom stereocenters. The number of carbonyl (C=O) groups excluding carboxylic acids is 1. The first-order chi connectivity index (χ1) is 9.06. The van der Waals surface area contributed by atoms with Crippen molar-refractivity contribution < 1.29 is 4.79 Å². The Kier molecular flexibility index (Phi) is 4.83. The largest absolute Gasteiger partial charge is 0.327 e. The summed E-state index contributed by atoms with van der Waals surface area (Å²) in [5, 5.41) is 3.57. The van der Waals surface area contributed by atoms with Crippen molar-refractivity contribution in [3.8, 4) is 0 Å². The third kappa shape index (κ3) is 3.95. The molecule has 1 aromatic rings. The zero-order valence-electron chi connectivity index (χ0n) is 11.3. The number of carbonyl (C=O) groups is 1. The molecule has 1 aromatic carbocycles. The van der Waals surface area contributed by atoms with Gasteiger partial charge in [0.25, 0.3) is 0 Å². The molecule has 104 valence electrons. The average molecular weight is 281 g/mol. The minimum Gasteiger partial charge on any atom is -0.327 e. The smallest absolute Gasteiger partial charge is 0.224 e. The van der Waals surface area contributed by atoms with Crippen molar-refractivity contribution in [1.29, 1.82) is 0 Å². The lowest BCUT2D eigenvalue weighted by atomic mass is 9.83. The Balaban J connectivity index is 1.91. The van der Waals surface area contributed by atoms with E-state index in [4.69, 9.17) is 17.3 Å². The van der Waals surface area contributed by atoms with Gasteiger partial charge in [0.1, 0.15) is 0 Å². The van der Waals surface area contributed by atoms with Crippen LogP contribution < -0.4 is 11.1 Å². The Morgan fingerprint density at radius 2 is 2.16 bits per heavy atom. The normalized spacial score (nSPS) is 23.1. The molecule has 0 aromatic heterocycles. The number of anilines is 1. The molecular formula is C15H21ClN2O. The van der Waals surface area contributed by atoms with Crippen LogP contribution in [0.25, 0.3) is 0 Å². The van der Waals surface area contributed by atoms with Crippen molar-refractivity contribution in [2.24, 2.45) is 11.7 Å². The minimum absolute atomic E-state index is 0.0299. The molecule has 19 heavy (non-hydrogen) atoms. The van der Waals surface area contributed by atoms with Gasteiger partial charge < -0.3 is 11.1 Å². The molecule has 0 aliphatic heterocycles. The van der Waals surface area contributed by atoms with Gasteiger partial charge in [-0.3, -0.25) is 4.79 Å². The van der Waals surface area contributed by atoms with Crippen molar-refractivity contribution in [3.63, 3.8) is 0 Å². The standard InChI is InChI=1S/C15H21ClN2O/c1-10-6-7-12(9-13(10)16)18-15(19)8-11-4-2-3-5-14(11)17/h6-7,9,11,14H,2-5,8,17H2,1H3,(H,18,19). The number of halogens is 1. The summed E-state index contributed by atoms with van der Waals surface area (Å²) in [4.78, 5) is 12.0. The molecule has 0 radical (unpaired) electrons. The zero-order valence-corrected chi connectivity index (χ0v) is 12.0. The number of aryl methyl sites for hydroxylation is 1. The third-order valence-electron chi connectivity index (χ3n) is 3.87. The van der Waals surface area contributed by atoms with Crippen LogP contribution >= 0.6 is 11.6 Å². The Bertz CT molecular complexity index is 461. The summed E-state index contributed by atoms with van der Waals surface area (Å²) < 4.78 is 0. The van der Waals surface area contributed by atoms with Crippen LogP contribution in [-0.2, 0) is 4.79 Å². The highest BCUT2D eigenvalue weighted by molar-refractivity contribution is 6.31. The second-order valence-corrected chi connectivity index (χ2v) is 5.83.